The Labute approximate surface area is 266 Å². The Bertz CT molecular complexity index is 1770. The first-order valence-corrected chi connectivity index (χ1v) is 15.1. The summed E-state index contributed by atoms with van der Waals surface area (Å²) in [5.41, 5.74) is 2.01. The summed E-state index contributed by atoms with van der Waals surface area (Å²) in [5.74, 6) is 0. The van der Waals surface area contributed by atoms with Crippen molar-refractivity contribution >= 4 is 16.7 Å². The van der Waals surface area contributed by atoms with Gasteiger partial charge in [0.05, 0.1) is 16.6 Å². The van der Waals surface area contributed by atoms with Gasteiger partial charge in [0.25, 0.3) is 0 Å². The molecule has 0 aliphatic rings. The van der Waals surface area contributed by atoms with Crippen LogP contribution in [0.25, 0.3) is 16.7 Å². The minimum absolute atomic E-state index is 0.691. The maximum Gasteiger partial charge on any atom is 0.337 e. The molecule has 0 unspecified atom stereocenters. The van der Waals surface area contributed by atoms with E-state index >= 15 is 0 Å². The van der Waals surface area contributed by atoms with Gasteiger partial charge in [0.2, 0.25) is 0 Å². The van der Waals surface area contributed by atoms with Gasteiger partial charge in [0, 0.05) is 0 Å². The average molecular weight is 604 g/mol. The fraction of sp³-hybridized carbons (Fsp3) is 0.308. The highest BCUT2D eigenvalue weighted by molar-refractivity contribution is 5.63. The molecule has 3 aromatic carbocycles. The van der Waals surface area contributed by atoms with Gasteiger partial charge in [0.15, 0.2) is 0 Å². The van der Waals surface area contributed by atoms with E-state index in [2.05, 4.69) is 19.7 Å². The predicted octanol–water partition coefficient (Wildman–Crippen LogP) is 7.62. The summed E-state index contributed by atoms with van der Waals surface area (Å²) < 4.78 is 3.67. The van der Waals surface area contributed by atoms with Crippen molar-refractivity contribution in [3.63, 3.8) is 0 Å². The van der Waals surface area contributed by atoms with Crippen molar-refractivity contribution in [2.75, 3.05) is 0 Å². The minimum Gasteiger partial charge on any atom is -0.247 e. The Morgan fingerprint density at radius 1 is 0.467 bits per heavy atom. The highest BCUT2D eigenvalue weighted by atomic mass is 16.2. The van der Waals surface area contributed by atoms with Crippen molar-refractivity contribution in [1.82, 2.24) is 13.7 Å². The van der Waals surface area contributed by atoms with Crippen molar-refractivity contribution in [2.24, 2.45) is 0 Å². The standard InChI is InChI=1S/C39H45N3O3/c1-25(2)28-16-13-19-31(22-28)37(7,8)40-34(43)41(38(9,10)32-20-14-17-29(23-32)26(3)4)36(45)42(35(40)44)39(11,12)33-21-15-18-30(24-33)27(5)6/h13-24H,1,3,5H2,2,4,6-12H3. The van der Waals surface area contributed by atoms with Crippen LogP contribution in [0.4, 0.5) is 0 Å². The third kappa shape index (κ3) is 5.77. The molecule has 0 N–H and O–H groups in total. The normalized spacial score (nSPS) is 12.2. The molecule has 45 heavy (non-hydrogen) atoms. The SMILES string of the molecule is C=C(C)c1cccc(C(C)(C)n2c(=O)n(C(C)(C)c3cccc(C(=C)C)c3)c(=O)n(C(C)(C)c3cccc(C(=C)C)c3)c2=O)c1. The van der Waals surface area contributed by atoms with Crippen LogP contribution in [0.5, 0.6) is 0 Å². The maximum atomic E-state index is 14.7. The zero-order valence-corrected chi connectivity index (χ0v) is 28.1. The second kappa shape index (κ2) is 11.7. The van der Waals surface area contributed by atoms with E-state index in [1.165, 1.54) is 13.7 Å². The molecule has 0 radical (unpaired) electrons. The van der Waals surface area contributed by atoms with E-state index in [1.807, 2.05) is 135 Å². The van der Waals surface area contributed by atoms with Gasteiger partial charge >= 0.3 is 17.1 Å². The lowest BCUT2D eigenvalue weighted by atomic mass is 9.89. The molecule has 0 atom stereocenters. The molecule has 0 spiro atoms. The van der Waals surface area contributed by atoms with Gasteiger partial charge in [-0.25, -0.2) is 28.1 Å². The molecule has 4 aromatic rings. The number of allylic oxidation sites excluding steroid dienone is 3. The largest absolute Gasteiger partial charge is 0.337 e. The molecule has 1 aromatic heterocycles. The highest BCUT2D eigenvalue weighted by Gasteiger charge is 2.39. The van der Waals surface area contributed by atoms with Crippen LogP contribution < -0.4 is 17.1 Å². The molecule has 6 nitrogen and oxygen atoms in total. The molecule has 0 amide bonds. The summed E-state index contributed by atoms with van der Waals surface area (Å²) in [6.07, 6.45) is 0. The number of nitrogens with zero attached hydrogens (tertiary/aromatic N) is 3. The fourth-order valence-electron chi connectivity index (χ4n) is 5.86. The van der Waals surface area contributed by atoms with Crippen LogP contribution in [-0.2, 0) is 16.6 Å². The smallest absolute Gasteiger partial charge is 0.247 e. The molecule has 1 heterocycles. The summed E-state index contributed by atoms with van der Waals surface area (Å²) in [6, 6.07) is 23.0. The molecule has 0 aliphatic heterocycles. The van der Waals surface area contributed by atoms with Crippen molar-refractivity contribution in [3.05, 3.63) is 157 Å². The third-order valence-electron chi connectivity index (χ3n) is 9.01. The number of rotatable bonds is 9. The summed E-state index contributed by atoms with van der Waals surface area (Å²) in [5, 5.41) is 0. The molecule has 0 saturated heterocycles. The molecular formula is C39H45N3O3. The summed E-state index contributed by atoms with van der Waals surface area (Å²) in [4.78, 5) is 44.1. The number of aromatic nitrogens is 3. The van der Waals surface area contributed by atoms with Crippen LogP contribution in [-0.4, -0.2) is 13.7 Å². The molecule has 0 bridgehead atoms. The first-order valence-electron chi connectivity index (χ1n) is 15.1. The average Bonchev–Trinajstić information content (AvgIpc) is 2.96. The summed E-state index contributed by atoms with van der Waals surface area (Å²) >= 11 is 0. The van der Waals surface area contributed by atoms with Crippen molar-refractivity contribution < 1.29 is 0 Å². The van der Waals surface area contributed by atoms with Crippen molar-refractivity contribution in [2.45, 2.75) is 78.9 Å². The Morgan fingerprint density at radius 2 is 0.689 bits per heavy atom. The minimum atomic E-state index is -1.14. The zero-order chi connectivity index (χ0) is 33.6. The van der Waals surface area contributed by atoms with Crippen LogP contribution in [0.3, 0.4) is 0 Å². The fourth-order valence-corrected chi connectivity index (χ4v) is 5.86. The van der Waals surface area contributed by atoms with E-state index in [0.29, 0.717) is 0 Å². The van der Waals surface area contributed by atoms with Crippen LogP contribution in [0.15, 0.2) is 107 Å². The Balaban J connectivity index is 2.18. The first-order chi connectivity index (χ1) is 20.8. The monoisotopic (exact) mass is 603 g/mol. The second-order valence-electron chi connectivity index (χ2n) is 13.6. The van der Waals surface area contributed by atoms with Gasteiger partial charge in [-0.3, -0.25) is 0 Å². The topological polar surface area (TPSA) is 66.0 Å². The van der Waals surface area contributed by atoms with Crippen LogP contribution in [0, 0.1) is 0 Å². The molecule has 234 valence electrons. The number of hydrogen-bond donors (Lipinski definition) is 0. The third-order valence-corrected chi connectivity index (χ3v) is 9.01. The van der Waals surface area contributed by atoms with Gasteiger partial charge in [-0.1, -0.05) is 91.1 Å². The molecule has 0 fully saturated rings. The second-order valence-corrected chi connectivity index (χ2v) is 13.6. The highest BCUT2D eigenvalue weighted by Crippen LogP contribution is 2.30. The molecule has 4 rings (SSSR count). The van der Waals surface area contributed by atoms with E-state index in [4.69, 9.17) is 0 Å². The lowest BCUT2D eigenvalue weighted by Crippen LogP contribution is -2.65. The van der Waals surface area contributed by atoms with Crippen molar-refractivity contribution in [3.8, 4) is 0 Å². The molecule has 0 saturated carbocycles. The molecular weight excluding hydrogens is 558 g/mol. The van der Waals surface area contributed by atoms with Crippen LogP contribution >= 0.6 is 0 Å². The Hall–Kier alpha value is -4.71. The van der Waals surface area contributed by atoms with E-state index in [1.54, 1.807) is 0 Å². The van der Waals surface area contributed by atoms with E-state index in [9.17, 15) is 14.4 Å². The van der Waals surface area contributed by atoms with Crippen LogP contribution in [0.2, 0.25) is 0 Å². The lowest BCUT2D eigenvalue weighted by molar-refractivity contribution is 0.267. The molecule has 6 heteroatoms. The van der Waals surface area contributed by atoms with Crippen molar-refractivity contribution in [1.29, 1.82) is 0 Å². The van der Waals surface area contributed by atoms with Gasteiger partial charge in [-0.05, 0) is 114 Å². The van der Waals surface area contributed by atoms with E-state index < -0.39 is 33.7 Å². The van der Waals surface area contributed by atoms with Gasteiger partial charge in [-0.15, -0.1) is 0 Å². The van der Waals surface area contributed by atoms with Gasteiger partial charge in [0.1, 0.15) is 0 Å². The number of benzene rings is 3. The maximum absolute atomic E-state index is 14.7. The zero-order valence-electron chi connectivity index (χ0n) is 28.1. The first kappa shape index (κ1) is 33.2. The summed E-state index contributed by atoms with van der Waals surface area (Å²) in [6.45, 7) is 28.9. The Kier molecular flexibility index (Phi) is 8.60. The predicted molar refractivity (Wildman–Crippen MR) is 188 cm³/mol. The van der Waals surface area contributed by atoms with Gasteiger partial charge in [-0.2, -0.15) is 0 Å². The van der Waals surface area contributed by atoms with Crippen LogP contribution in [0.1, 0.15) is 95.7 Å². The number of hydrogen-bond acceptors (Lipinski definition) is 3. The summed E-state index contributed by atoms with van der Waals surface area (Å²) in [7, 11) is 0. The Morgan fingerprint density at radius 3 is 0.889 bits per heavy atom. The van der Waals surface area contributed by atoms with Gasteiger partial charge < -0.3 is 0 Å². The molecule has 0 aliphatic carbocycles. The quantitative estimate of drug-likeness (QED) is 0.198. The van der Waals surface area contributed by atoms with E-state index in [0.717, 1.165) is 50.1 Å². The lowest BCUT2D eigenvalue weighted by Gasteiger charge is -2.36. The van der Waals surface area contributed by atoms with E-state index in [-0.39, 0.29) is 0 Å².